The topological polar surface area (TPSA) is 17.1 Å². The summed E-state index contributed by atoms with van der Waals surface area (Å²) in [5.41, 5.74) is 0. The summed E-state index contributed by atoms with van der Waals surface area (Å²) in [4.78, 5) is 8.00. The number of allylic oxidation sites excluding steroid dienone is 1. The molecule has 1 unspecified atom stereocenters. The smallest absolute Gasteiger partial charge is 0.106 e. The van der Waals surface area contributed by atoms with E-state index in [9.17, 15) is 0 Å². The zero-order valence-corrected chi connectivity index (χ0v) is 9.38. The quantitative estimate of drug-likeness (QED) is 0.609. The number of rotatable bonds is 3. The molecule has 78 valence electrons. The van der Waals surface area contributed by atoms with Crippen LogP contribution >= 0.6 is 0 Å². The van der Waals surface area contributed by atoms with Crippen LogP contribution in [0.1, 0.15) is 46.5 Å². The van der Waals surface area contributed by atoms with Crippen molar-refractivity contribution >= 4 is 6.79 Å². The lowest BCUT2D eigenvalue weighted by Crippen LogP contribution is -1.91. The molecule has 0 spiro atoms. The van der Waals surface area contributed by atoms with Gasteiger partial charge in [-0.1, -0.05) is 39.2 Å². The van der Waals surface area contributed by atoms with Gasteiger partial charge in [0.05, 0.1) is 0 Å². The first kappa shape index (κ1) is 14.9. The standard InChI is InChI=1S/C8H16.C3H6.CH2O/c1-3-7(2)6-8-4-5-8;1-3-2;1-2/h7-8H,3-6H2,1-2H3;3H,1H2,2H3;1H2. The van der Waals surface area contributed by atoms with Gasteiger partial charge in [-0.15, -0.1) is 6.58 Å². The van der Waals surface area contributed by atoms with E-state index in [1.165, 1.54) is 25.7 Å². The molecule has 0 bridgehead atoms. The van der Waals surface area contributed by atoms with Gasteiger partial charge < -0.3 is 4.79 Å². The molecule has 1 fully saturated rings. The van der Waals surface area contributed by atoms with Crippen LogP contribution in [0.15, 0.2) is 12.7 Å². The predicted octanol–water partition coefficient (Wildman–Crippen LogP) is 3.84. The lowest BCUT2D eigenvalue weighted by Gasteiger charge is -2.04. The summed E-state index contributed by atoms with van der Waals surface area (Å²) >= 11 is 0. The summed E-state index contributed by atoms with van der Waals surface area (Å²) in [7, 11) is 0. The van der Waals surface area contributed by atoms with Crippen molar-refractivity contribution in [1.82, 2.24) is 0 Å². The van der Waals surface area contributed by atoms with Crippen LogP contribution in [0.5, 0.6) is 0 Å². The number of carbonyl (C=O) groups excluding carboxylic acids is 1. The molecule has 0 heterocycles. The SMILES string of the molecule is C=CC.C=O.CCC(C)CC1CC1. The molecule has 1 aliphatic rings. The van der Waals surface area contributed by atoms with E-state index in [0.29, 0.717) is 0 Å². The van der Waals surface area contributed by atoms with Crippen molar-refractivity contribution in [3.63, 3.8) is 0 Å². The molecule has 13 heavy (non-hydrogen) atoms. The maximum atomic E-state index is 8.00. The van der Waals surface area contributed by atoms with Crippen LogP contribution in [0.3, 0.4) is 0 Å². The van der Waals surface area contributed by atoms with Gasteiger partial charge in [-0.25, -0.2) is 0 Å². The Hall–Kier alpha value is -0.590. The Morgan fingerprint density at radius 1 is 1.46 bits per heavy atom. The molecule has 0 aliphatic heterocycles. The average Bonchev–Trinajstić information content (AvgIpc) is 2.93. The predicted molar refractivity (Wildman–Crippen MR) is 59.8 cm³/mol. The summed E-state index contributed by atoms with van der Waals surface area (Å²) < 4.78 is 0. The van der Waals surface area contributed by atoms with Crippen LogP contribution in [0, 0.1) is 11.8 Å². The van der Waals surface area contributed by atoms with Crippen molar-refractivity contribution < 1.29 is 4.79 Å². The minimum atomic E-state index is 0.988. The van der Waals surface area contributed by atoms with E-state index in [0.717, 1.165) is 11.8 Å². The summed E-state index contributed by atoms with van der Waals surface area (Å²) in [5.74, 6) is 2.12. The Morgan fingerprint density at radius 2 is 1.85 bits per heavy atom. The molecule has 0 radical (unpaired) electrons. The third-order valence-electron chi connectivity index (χ3n) is 2.13. The number of carbonyl (C=O) groups is 1. The van der Waals surface area contributed by atoms with Gasteiger partial charge in [0.15, 0.2) is 0 Å². The minimum absolute atomic E-state index is 0.988. The zero-order chi connectivity index (χ0) is 10.7. The first-order valence-electron chi connectivity index (χ1n) is 5.10. The second-order valence-electron chi connectivity index (χ2n) is 3.60. The van der Waals surface area contributed by atoms with E-state index < -0.39 is 0 Å². The molecule has 0 saturated heterocycles. The molecule has 1 nitrogen and oxygen atoms in total. The van der Waals surface area contributed by atoms with Gasteiger partial charge in [-0.05, 0) is 25.2 Å². The fourth-order valence-electron chi connectivity index (χ4n) is 1.09. The maximum Gasteiger partial charge on any atom is 0.106 e. The van der Waals surface area contributed by atoms with E-state index in [1.54, 1.807) is 6.08 Å². The first-order chi connectivity index (χ1) is 6.24. The largest absolute Gasteiger partial charge is 0.307 e. The van der Waals surface area contributed by atoms with E-state index in [1.807, 2.05) is 13.7 Å². The molecule has 1 aliphatic carbocycles. The Bertz CT molecular complexity index is 106. The van der Waals surface area contributed by atoms with E-state index in [2.05, 4.69) is 20.4 Å². The van der Waals surface area contributed by atoms with Crippen molar-refractivity contribution in [3.05, 3.63) is 12.7 Å². The Morgan fingerprint density at radius 3 is 2.08 bits per heavy atom. The normalized spacial score (nSPS) is 15.6. The van der Waals surface area contributed by atoms with Gasteiger partial charge in [-0.2, -0.15) is 0 Å². The van der Waals surface area contributed by atoms with E-state index in [-0.39, 0.29) is 0 Å². The molecule has 0 aromatic heterocycles. The monoisotopic (exact) mass is 184 g/mol. The lowest BCUT2D eigenvalue weighted by molar-refractivity contribution is -0.0979. The molecule has 1 saturated carbocycles. The summed E-state index contributed by atoms with van der Waals surface area (Å²) in [6.07, 6.45) is 7.65. The summed E-state index contributed by atoms with van der Waals surface area (Å²) in [6.45, 7) is 11.9. The van der Waals surface area contributed by atoms with Crippen LogP contribution in [-0.2, 0) is 4.79 Å². The Kier molecular flexibility index (Phi) is 13.1. The number of hydrogen-bond acceptors (Lipinski definition) is 1. The second-order valence-corrected chi connectivity index (χ2v) is 3.60. The number of hydrogen-bond donors (Lipinski definition) is 0. The van der Waals surface area contributed by atoms with Gasteiger partial charge in [0.1, 0.15) is 6.79 Å². The molecule has 1 heteroatoms. The van der Waals surface area contributed by atoms with Crippen molar-refractivity contribution in [2.24, 2.45) is 11.8 Å². The highest BCUT2D eigenvalue weighted by molar-refractivity contribution is 5.10. The average molecular weight is 184 g/mol. The minimum Gasteiger partial charge on any atom is -0.307 e. The van der Waals surface area contributed by atoms with Crippen molar-refractivity contribution in [3.8, 4) is 0 Å². The highest BCUT2D eigenvalue weighted by Gasteiger charge is 2.22. The van der Waals surface area contributed by atoms with Crippen LogP contribution in [0.25, 0.3) is 0 Å². The van der Waals surface area contributed by atoms with Crippen LogP contribution in [0.4, 0.5) is 0 Å². The first-order valence-corrected chi connectivity index (χ1v) is 5.10. The highest BCUT2D eigenvalue weighted by Crippen LogP contribution is 2.35. The van der Waals surface area contributed by atoms with Crippen LogP contribution in [0.2, 0.25) is 0 Å². The van der Waals surface area contributed by atoms with E-state index >= 15 is 0 Å². The van der Waals surface area contributed by atoms with Crippen LogP contribution < -0.4 is 0 Å². The third kappa shape index (κ3) is 14.3. The summed E-state index contributed by atoms with van der Waals surface area (Å²) in [5, 5.41) is 0. The summed E-state index contributed by atoms with van der Waals surface area (Å²) in [6, 6.07) is 0. The van der Waals surface area contributed by atoms with Gasteiger partial charge >= 0.3 is 0 Å². The Labute approximate surface area is 83.2 Å². The molecule has 0 aromatic carbocycles. The molecular formula is C12H24O. The zero-order valence-electron chi connectivity index (χ0n) is 9.38. The molecule has 0 amide bonds. The van der Waals surface area contributed by atoms with Crippen molar-refractivity contribution in [1.29, 1.82) is 0 Å². The van der Waals surface area contributed by atoms with Gasteiger partial charge in [0, 0.05) is 0 Å². The molecular weight excluding hydrogens is 160 g/mol. The van der Waals surface area contributed by atoms with E-state index in [4.69, 9.17) is 4.79 Å². The fourth-order valence-corrected chi connectivity index (χ4v) is 1.09. The van der Waals surface area contributed by atoms with Crippen molar-refractivity contribution in [2.45, 2.75) is 46.5 Å². The van der Waals surface area contributed by atoms with Gasteiger partial charge in [0.25, 0.3) is 0 Å². The lowest BCUT2D eigenvalue weighted by atomic mass is 10.0. The molecule has 1 atom stereocenters. The highest BCUT2D eigenvalue weighted by atomic mass is 16.1. The van der Waals surface area contributed by atoms with Gasteiger partial charge in [0.2, 0.25) is 0 Å². The molecule has 1 rings (SSSR count). The fraction of sp³-hybridized carbons (Fsp3) is 0.750. The third-order valence-corrected chi connectivity index (χ3v) is 2.13. The second kappa shape index (κ2) is 11.4. The molecule has 0 aromatic rings. The maximum absolute atomic E-state index is 8.00. The Balaban J connectivity index is 0. The van der Waals surface area contributed by atoms with Crippen molar-refractivity contribution in [2.75, 3.05) is 0 Å². The van der Waals surface area contributed by atoms with Gasteiger partial charge in [-0.3, -0.25) is 0 Å². The van der Waals surface area contributed by atoms with Crippen LogP contribution in [-0.4, -0.2) is 6.79 Å². The molecule has 0 N–H and O–H groups in total.